The lowest BCUT2D eigenvalue weighted by molar-refractivity contribution is -0.380. The summed E-state index contributed by atoms with van der Waals surface area (Å²) in [6.07, 6.45) is -26.3. The van der Waals surface area contributed by atoms with Crippen LogP contribution in [0.1, 0.15) is 68.7 Å². The average molecular weight is 966 g/mol. The number of rotatable bonds is 21. The number of azide groups is 1. The van der Waals surface area contributed by atoms with Gasteiger partial charge in [0.25, 0.3) is 0 Å². The molecule has 15 atom stereocenters. The Kier molecular flexibility index (Phi) is 22.0. The summed E-state index contributed by atoms with van der Waals surface area (Å²) in [5, 5.41) is 15.5. The number of hydrogen-bond acceptors (Lipinski definition) is 26. The largest absolute Gasteiger partial charge is 0.463 e. The molecular weight excluding hydrogens is 910 g/mol. The van der Waals surface area contributed by atoms with Crippen molar-refractivity contribution >= 4 is 53.7 Å². The molecule has 3 rings (SSSR count). The Hall–Kier alpha value is -5.74. The van der Waals surface area contributed by atoms with Crippen LogP contribution in [0.2, 0.25) is 0 Å². The van der Waals surface area contributed by atoms with Gasteiger partial charge in [0.2, 0.25) is 0 Å². The predicted molar refractivity (Wildman–Crippen MR) is 210 cm³/mol. The Morgan fingerprint density at radius 2 is 0.806 bits per heavy atom. The molecule has 0 amide bonds. The van der Waals surface area contributed by atoms with Crippen LogP contribution in [0.5, 0.6) is 0 Å². The molecule has 3 fully saturated rings. The molecule has 0 aromatic heterocycles. The van der Waals surface area contributed by atoms with Crippen molar-refractivity contribution in [1.29, 1.82) is 0 Å². The van der Waals surface area contributed by atoms with Crippen LogP contribution in [0, 0.1) is 0 Å². The van der Waals surface area contributed by atoms with E-state index in [-0.39, 0.29) is 19.6 Å². The predicted octanol–water partition coefficient (Wildman–Crippen LogP) is -0.711. The third kappa shape index (κ3) is 17.5. The third-order valence-electron chi connectivity index (χ3n) is 9.29. The number of carbonyl (C=O) groups is 9. The normalized spacial score (nSPS) is 31.3. The molecule has 0 radical (unpaired) electrons. The number of ether oxygens (including phenoxy) is 15. The number of aliphatic hydroxyl groups is 1. The van der Waals surface area contributed by atoms with Crippen LogP contribution >= 0.6 is 0 Å². The Morgan fingerprint density at radius 3 is 1.25 bits per heavy atom. The van der Waals surface area contributed by atoms with Crippen molar-refractivity contribution in [2.24, 2.45) is 5.11 Å². The Morgan fingerprint density at radius 1 is 0.463 bits per heavy atom. The summed E-state index contributed by atoms with van der Waals surface area (Å²) in [5.74, 6) is -8.34. The summed E-state index contributed by atoms with van der Waals surface area (Å²) >= 11 is 0. The van der Waals surface area contributed by atoms with Gasteiger partial charge in [-0.05, 0) is 12.0 Å². The van der Waals surface area contributed by atoms with E-state index in [1.54, 1.807) is 0 Å². The molecule has 28 nitrogen and oxygen atoms in total. The van der Waals surface area contributed by atoms with Crippen LogP contribution in [-0.2, 0) is 114 Å². The van der Waals surface area contributed by atoms with Crippen molar-refractivity contribution in [3.05, 3.63) is 10.4 Å². The molecule has 0 aromatic carbocycles. The van der Waals surface area contributed by atoms with E-state index < -0.39 is 166 Å². The van der Waals surface area contributed by atoms with Gasteiger partial charge in [-0.25, -0.2) is 0 Å². The van der Waals surface area contributed by atoms with Crippen LogP contribution in [0.15, 0.2) is 5.11 Å². The summed E-state index contributed by atoms with van der Waals surface area (Å²) < 4.78 is 85.2. The lowest BCUT2D eigenvalue weighted by Gasteiger charge is -2.50. The molecule has 0 spiro atoms. The fourth-order valence-electron chi connectivity index (χ4n) is 6.97. The van der Waals surface area contributed by atoms with Crippen LogP contribution in [-0.4, -0.2) is 184 Å². The molecule has 0 aliphatic carbocycles. The van der Waals surface area contributed by atoms with Gasteiger partial charge >= 0.3 is 53.7 Å². The van der Waals surface area contributed by atoms with E-state index in [0.29, 0.717) is 0 Å². The van der Waals surface area contributed by atoms with E-state index in [0.717, 1.165) is 62.3 Å². The maximum atomic E-state index is 12.8. The molecular formula is C39H55N3O25. The quantitative estimate of drug-likeness (QED) is 0.0371. The van der Waals surface area contributed by atoms with Crippen molar-refractivity contribution in [3.63, 3.8) is 0 Å². The van der Waals surface area contributed by atoms with Gasteiger partial charge in [-0.1, -0.05) is 5.11 Å². The summed E-state index contributed by atoms with van der Waals surface area (Å²) in [5.41, 5.74) is 8.65. The third-order valence-corrected chi connectivity index (χ3v) is 9.29. The maximum Gasteiger partial charge on any atom is 0.303 e. The maximum absolute atomic E-state index is 12.8. The molecule has 67 heavy (non-hydrogen) atoms. The first-order chi connectivity index (χ1) is 31.5. The van der Waals surface area contributed by atoms with E-state index >= 15 is 0 Å². The summed E-state index contributed by atoms with van der Waals surface area (Å²) in [7, 11) is 0. The average Bonchev–Trinajstić information content (AvgIpc) is 3.20. The number of aliphatic hydroxyl groups excluding tert-OH is 1. The molecule has 3 aliphatic heterocycles. The highest BCUT2D eigenvalue weighted by Crippen LogP contribution is 2.37. The molecule has 0 unspecified atom stereocenters. The van der Waals surface area contributed by atoms with Crippen molar-refractivity contribution in [2.75, 3.05) is 33.0 Å². The highest BCUT2D eigenvalue weighted by atomic mass is 16.8. The van der Waals surface area contributed by atoms with Gasteiger partial charge in [-0.2, -0.15) is 0 Å². The molecule has 3 aliphatic rings. The number of carbonyl (C=O) groups excluding carboxylic acids is 9. The summed E-state index contributed by atoms with van der Waals surface area (Å²) in [6, 6.07) is 0. The topological polar surface area (TPSA) is 361 Å². The second-order valence-electron chi connectivity index (χ2n) is 14.9. The van der Waals surface area contributed by atoms with E-state index in [2.05, 4.69) is 10.0 Å². The zero-order chi connectivity index (χ0) is 50.1. The molecule has 0 aromatic rings. The zero-order valence-electron chi connectivity index (χ0n) is 38.0. The van der Waals surface area contributed by atoms with Gasteiger partial charge in [-0.3, -0.25) is 43.2 Å². The SMILES string of the molecule is CC(=O)OC[C@H]1O[C@H](O[C@@H]2[C@H](OC(C)=O)[C@@H](O)[C@@H](O[C@@H]3[C@H](OC(C)=O)[C@@H](OC(C)=O)[C@H](OCCCN=[N+]=[N-])O[C@@H]3COC(C)=O)O[C@@H]2COC(C)=O)[C@H](OC(C)=O)[C@@H](OC(C)=O)[C@H]1OC(C)=O. The highest BCUT2D eigenvalue weighted by Gasteiger charge is 2.59. The second-order valence-corrected chi connectivity index (χ2v) is 14.9. The van der Waals surface area contributed by atoms with E-state index in [1.165, 1.54) is 0 Å². The Labute approximate surface area is 382 Å². The first-order valence-electron chi connectivity index (χ1n) is 20.5. The van der Waals surface area contributed by atoms with Gasteiger partial charge in [0.15, 0.2) is 55.5 Å². The Bertz CT molecular complexity index is 1830. The van der Waals surface area contributed by atoms with Crippen LogP contribution < -0.4 is 0 Å². The molecule has 0 bridgehead atoms. The smallest absolute Gasteiger partial charge is 0.303 e. The van der Waals surface area contributed by atoms with Gasteiger partial charge in [0.1, 0.15) is 56.4 Å². The fraction of sp³-hybridized carbons (Fsp3) is 0.769. The lowest BCUT2D eigenvalue weighted by atomic mass is 9.95. The number of hydrogen-bond donors (Lipinski definition) is 1. The van der Waals surface area contributed by atoms with Gasteiger partial charge in [-0.15, -0.1) is 0 Å². The highest BCUT2D eigenvalue weighted by molar-refractivity contribution is 5.70. The van der Waals surface area contributed by atoms with Crippen molar-refractivity contribution < 1.29 is 119 Å². The molecule has 0 saturated carbocycles. The van der Waals surface area contributed by atoms with Crippen molar-refractivity contribution in [1.82, 2.24) is 0 Å². The number of nitrogens with zero attached hydrogens (tertiary/aromatic N) is 3. The first kappa shape index (κ1) is 55.6. The van der Waals surface area contributed by atoms with Crippen LogP contribution in [0.4, 0.5) is 0 Å². The van der Waals surface area contributed by atoms with Crippen molar-refractivity contribution in [3.8, 4) is 0 Å². The first-order valence-corrected chi connectivity index (χ1v) is 20.5. The zero-order valence-corrected chi connectivity index (χ0v) is 38.0. The molecule has 3 saturated heterocycles. The van der Waals surface area contributed by atoms with Crippen molar-refractivity contribution in [2.45, 2.75) is 161 Å². The summed E-state index contributed by atoms with van der Waals surface area (Å²) in [4.78, 5) is 114. The lowest BCUT2D eigenvalue weighted by Crippen LogP contribution is -2.68. The van der Waals surface area contributed by atoms with Crippen LogP contribution in [0.25, 0.3) is 10.4 Å². The second kappa shape index (κ2) is 26.6. The van der Waals surface area contributed by atoms with Gasteiger partial charge in [0.05, 0.1) is 6.61 Å². The van der Waals surface area contributed by atoms with E-state index in [1.807, 2.05) is 0 Å². The minimum absolute atomic E-state index is 0.00915. The molecule has 376 valence electrons. The van der Waals surface area contributed by atoms with E-state index in [4.69, 9.17) is 76.6 Å². The minimum Gasteiger partial charge on any atom is -0.463 e. The van der Waals surface area contributed by atoms with Crippen LogP contribution in [0.3, 0.4) is 0 Å². The van der Waals surface area contributed by atoms with E-state index in [9.17, 15) is 48.3 Å². The minimum atomic E-state index is -2.16. The molecule has 28 heteroatoms. The monoisotopic (exact) mass is 965 g/mol. The fourth-order valence-corrected chi connectivity index (χ4v) is 6.97. The number of esters is 9. The standard InChI is InChI=1S/C39H55N3O25/c1-16(43)54-13-25-29(67-39-36(62-24(9)51)33(59-21(6)48)30(57-19(4)46)26(65-39)14-55-17(2)44)32(58-20(5)47)28(52)37(63-25)66-31-27(15-56-18(3)45)64-38(53-12-10-11-41-42-40)35(61-23(8)50)34(31)60-22(7)49/h25-39,52H,10-15H2,1-9H3/t25-,26-,27-,28-,29+,30+,31+,32-,33+,34+,35-,36-,37-,38-,39-/m1/s1. The summed E-state index contributed by atoms with van der Waals surface area (Å²) in [6.45, 7) is 6.81. The Balaban J connectivity index is 2.18. The van der Waals surface area contributed by atoms with Gasteiger partial charge < -0.3 is 76.2 Å². The van der Waals surface area contributed by atoms with Gasteiger partial charge in [0, 0.05) is 73.8 Å². The molecule has 3 heterocycles. The molecule has 1 N–H and O–H groups in total.